The fourth-order valence-corrected chi connectivity index (χ4v) is 2.64. The lowest BCUT2D eigenvalue weighted by molar-refractivity contribution is 0.353. The van der Waals surface area contributed by atoms with Crippen LogP contribution in [-0.2, 0) is 6.42 Å². The minimum absolute atomic E-state index is 0.455. The standard InChI is InChI=1S/C14H19N3OS/c1-4-7-15-14-16-12(18-8-5-2)11-9-10(6-3)19-13(11)17-14/h5,9H,2,4,6-8H2,1,3H3,(H,15,16,17). The van der Waals surface area contributed by atoms with Gasteiger partial charge in [0.05, 0.1) is 5.39 Å². The summed E-state index contributed by atoms with van der Waals surface area (Å²) in [6.07, 6.45) is 3.76. The van der Waals surface area contributed by atoms with Crippen molar-refractivity contribution < 1.29 is 4.74 Å². The Hall–Kier alpha value is -1.62. The molecule has 19 heavy (non-hydrogen) atoms. The zero-order valence-corrected chi connectivity index (χ0v) is 12.2. The van der Waals surface area contributed by atoms with E-state index in [2.05, 4.69) is 41.8 Å². The topological polar surface area (TPSA) is 47.0 Å². The Balaban J connectivity index is 2.40. The normalized spacial score (nSPS) is 10.6. The number of nitrogens with one attached hydrogen (secondary N) is 1. The lowest BCUT2D eigenvalue weighted by Gasteiger charge is -2.07. The van der Waals surface area contributed by atoms with Gasteiger partial charge in [0.1, 0.15) is 11.4 Å². The Morgan fingerprint density at radius 2 is 2.26 bits per heavy atom. The van der Waals surface area contributed by atoms with Crippen molar-refractivity contribution in [2.75, 3.05) is 18.5 Å². The quantitative estimate of drug-likeness (QED) is 0.785. The van der Waals surface area contributed by atoms with Gasteiger partial charge in [-0.25, -0.2) is 4.98 Å². The summed E-state index contributed by atoms with van der Waals surface area (Å²) in [4.78, 5) is 11.2. The third-order valence-corrected chi connectivity index (χ3v) is 3.80. The third kappa shape index (κ3) is 3.23. The van der Waals surface area contributed by atoms with Crippen LogP contribution in [0.15, 0.2) is 18.7 Å². The molecule has 0 aromatic carbocycles. The Labute approximate surface area is 117 Å². The minimum Gasteiger partial charge on any atom is -0.473 e. The van der Waals surface area contributed by atoms with Crippen LogP contribution >= 0.6 is 11.3 Å². The summed E-state index contributed by atoms with van der Waals surface area (Å²) in [7, 11) is 0. The van der Waals surface area contributed by atoms with Crippen molar-refractivity contribution in [2.45, 2.75) is 26.7 Å². The molecule has 0 atom stereocenters. The number of ether oxygens (including phenoxy) is 1. The van der Waals surface area contributed by atoms with Crippen LogP contribution in [0.3, 0.4) is 0 Å². The number of anilines is 1. The second-order valence-corrected chi connectivity index (χ2v) is 5.28. The number of aromatic nitrogens is 2. The summed E-state index contributed by atoms with van der Waals surface area (Å²) in [6.45, 7) is 9.23. The first-order chi connectivity index (χ1) is 9.28. The van der Waals surface area contributed by atoms with Crippen LogP contribution in [-0.4, -0.2) is 23.1 Å². The Kier molecular flexibility index (Phi) is 4.74. The first-order valence-electron chi connectivity index (χ1n) is 6.56. The number of aryl methyl sites for hydroxylation is 1. The van der Waals surface area contributed by atoms with Gasteiger partial charge in [0.2, 0.25) is 11.8 Å². The second-order valence-electron chi connectivity index (χ2n) is 4.16. The van der Waals surface area contributed by atoms with E-state index < -0.39 is 0 Å². The van der Waals surface area contributed by atoms with Gasteiger partial charge in [-0.1, -0.05) is 26.5 Å². The van der Waals surface area contributed by atoms with Crippen molar-refractivity contribution in [3.05, 3.63) is 23.6 Å². The number of nitrogens with zero attached hydrogens (tertiary/aromatic N) is 2. The number of fused-ring (bicyclic) bond motifs is 1. The molecule has 1 N–H and O–H groups in total. The molecule has 0 aliphatic heterocycles. The summed E-state index contributed by atoms with van der Waals surface area (Å²) in [5, 5.41) is 4.20. The molecular formula is C14H19N3OS. The fourth-order valence-electron chi connectivity index (χ4n) is 1.68. The van der Waals surface area contributed by atoms with Gasteiger partial charge in [-0.05, 0) is 18.9 Å². The molecule has 2 heterocycles. The van der Waals surface area contributed by atoms with Crippen molar-refractivity contribution in [3.8, 4) is 5.88 Å². The second kappa shape index (κ2) is 6.52. The molecule has 0 aliphatic carbocycles. The summed E-state index contributed by atoms with van der Waals surface area (Å²) in [5.41, 5.74) is 0. The molecule has 0 spiro atoms. The maximum Gasteiger partial charge on any atom is 0.227 e. The van der Waals surface area contributed by atoms with Gasteiger partial charge in [-0.3, -0.25) is 0 Å². The number of rotatable bonds is 7. The van der Waals surface area contributed by atoms with Crippen LogP contribution in [0.2, 0.25) is 0 Å². The van der Waals surface area contributed by atoms with Gasteiger partial charge in [-0.2, -0.15) is 4.98 Å². The maximum absolute atomic E-state index is 5.64. The monoisotopic (exact) mass is 277 g/mol. The smallest absolute Gasteiger partial charge is 0.227 e. The van der Waals surface area contributed by atoms with Crippen LogP contribution in [0.1, 0.15) is 25.1 Å². The van der Waals surface area contributed by atoms with Gasteiger partial charge in [0, 0.05) is 11.4 Å². The highest BCUT2D eigenvalue weighted by Crippen LogP contribution is 2.31. The van der Waals surface area contributed by atoms with E-state index in [1.807, 2.05) is 0 Å². The lowest BCUT2D eigenvalue weighted by atomic mass is 10.3. The zero-order chi connectivity index (χ0) is 13.7. The molecule has 2 aromatic heterocycles. The predicted octanol–water partition coefficient (Wildman–Crippen LogP) is 3.64. The van der Waals surface area contributed by atoms with E-state index in [4.69, 9.17) is 4.74 Å². The predicted molar refractivity (Wildman–Crippen MR) is 81.3 cm³/mol. The van der Waals surface area contributed by atoms with E-state index in [9.17, 15) is 0 Å². The van der Waals surface area contributed by atoms with Crippen molar-refractivity contribution in [2.24, 2.45) is 0 Å². The Morgan fingerprint density at radius 1 is 1.42 bits per heavy atom. The fraction of sp³-hybridized carbons (Fsp3) is 0.429. The molecule has 2 aromatic rings. The lowest BCUT2D eigenvalue weighted by Crippen LogP contribution is -2.06. The van der Waals surface area contributed by atoms with Gasteiger partial charge in [0.15, 0.2) is 0 Å². The third-order valence-electron chi connectivity index (χ3n) is 2.63. The SMILES string of the molecule is C=CCOc1nc(NCCC)nc2sc(CC)cc12. The van der Waals surface area contributed by atoms with Crippen molar-refractivity contribution >= 4 is 27.5 Å². The average Bonchev–Trinajstić information content (AvgIpc) is 2.85. The maximum atomic E-state index is 5.64. The molecule has 5 heteroatoms. The molecule has 0 radical (unpaired) electrons. The van der Waals surface area contributed by atoms with Gasteiger partial charge >= 0.3 is 0 Å². The van der Waals surface area contributed by atoms with Crippen molar-refractivity contribution in [3.63, 3.8) is 0 Å². The van der Waals surface area contributed by atoms with Crippen molar-refractivity contribution in [1.82, 2.24) is 9.97 Å². The van der Waals surface area contributed by atoms with E-state index in [-0.39, 0.29) is 0 Å². The van der Waals surface area contributed by atoms with E-state index in [1.165, 1.54) is 4.88 Å². The highest BCUT2D eigenvalue weighted by atomic mass is 32.1. The summed E-state index contributed by atoms with van der Waals surface area (Å²) in [6, 6.07) is 2.11. The Morgan fingerprint density at radius 3 is 2.95 bits per heavy atom. The molecule has 0 saturated heterocycles. The summed E-state index contributed by atoms with van der Waals surface area (Å²) < 4.78 is 5.64. The first-order valence-corrected chi connectivity index (χ1v) is 7.38. The van der Waals surface area contributed by atoms with Crippen LogP contribution in [0, 0.1) is 0 Å². The molecule has 0 saturated carbocycles. The van der Waals surface area contributed by atoms with Crippen LogP contribution in [0.5, 0.6) is 5.88 Å². The van der Waals surface area contributed by atoms with Crippen LogP contribution < -0.4 is 10.1 Å². The molecule has 0 fully saturated rings. The molecule has 4 nitrogen and oxygen atoms in total. The van der Waals surface area contributed by atoms with Gasteiger partial charge in [-0.15, -0.1) is 11.3 Å². The molecule has 0 unspecified atom stereocenters. The zero-order valence-electron chi connectivity index (χ0n) is 11.4. The molecule has 102 valence electrons. The highest BCUT2D eigenvalue weighted by molar-refractivity contribution is 7.18. The first kappa shape index (κ1) is 13.8. The molecule has 2 rings (SSSR count). The number of hydrogen-bond acceptors (Lipinski definition) is 5. The average molecular weight is 277 g/mol. The molecule has 0 aliphatic rings. The molecule has 0 bridgehead atoms. The molecule has 0 amide bonds. The van der Waals surface area contributed by atoms with E-state index >= 15 is 0 Å². The minimum atomic E-state index is 0.455. The van der Waals surface area contributed by atoms with Crippen molar-refractivity contribution in [1.29, 1.82) is 0 Å². The van der Waals surface area contributed by atoms with Gasteiger partial charge < -0.3 is 10.1 Å². The van der Waals surface area contributed by atoms with Gasteiger partial charge in [0.25, 0.3) is 0 Å². The van der Waals surface area contributed by atoms with E-state index in [1.54, 1.807) is 17.4 Å². The Bertz CT molecular complexity index is 565. The van der Waals surface area contributed by atoms with E-state index in [0.717, 1.165) is 29.6 Å². The number of thiophene rings is 1. The number of hydrogen-bond donors (Lipinski definition) is 1. The van der Waals surface area contributed by atoms with E-state index in [0.29, 0.717) is 18.4 Å². The molecular weight excluding hydrogens is 258 g/mol. The summed E-state index contributed by atoms with van der Waals surface area (Å²) >= 11 is 1.70. The highest BCUT2D eigenvalue weighted by Gasteiger charge is 2.12. The summed E-state index contributed by atoms with van der Waals surface area (Å²) in [5.74, 6) is 1.28. The van der Waals surface area contributed by atoms with Crippen LogP contribution in [0.4, 0.5) is 5.95 Å². The van der Waals surface area contributed by atoms with Crippen LogP contribution in [0.25, 0.3) is 10.2 Å². The largest absolute Gasteiger partial charge is 0.473 e.